The Kier molecular flexibility index (Phi) is 6.90. The van der Waals surface area contributed by atoms with E-state index in [0.29, 0.717) is 22.8 Å². The largest absolute Gasteiger partial charge is 0.497 e. The number of halogens is 2. The number of alkyl halides is 2. The zero-order valence-electron chi connectivity index (χ0n) is 14.2. The van der Waals surface area contributed by atoms with Gasteiger partial charge in [-0.25, -0.2) is 5.43 Å². The summed E-state index contributed by atoms with van der Waals surface area (Å²) in [5.74, 6) is 0.656. The molecule has 0 bridgehead atoms. The van der Waals surface area contributed by atoms with Crippen LogP contribution in [0.3, 0.4) is 0 Å². The number of carbonyl (C=O) groups is 1. The van der Waals surface area contributed by atoms with E-state index in [4.69, 9.17) is 9.47 Å². The molecule has 1 amide bonds. The van der Waals surface area contributed by atoms with Gasteiger partial charge in [0.15, 0.2) is 6.61 Å². The number of hydrogen-bond acceptors (Lipinski definition) is 5. The molecule has 0 aliphatic heterocycles. The fraction of sp³-hybridized carbons (Fsp3) is 0.222. The maximum absolute atomic E-state index is 12.4. The van der Waals surface area contributed by atoms with E-state index in [0.717, 1.165) is 0 Å². The SMILES string of the molecule is COc1ccc(OCC(=O)N/N=C(\C)c2ccccc2OC(F)F)cc1. The average Bonchev–Trinajstić information content (AvgIpc) is 2.64. The molecule has 138 valence electrons. The van der Waals surface area contributed by atoms with Crippen molar-refractivity contribution in [3.05, 3.63) is 54.1 Å². The molecule has 0 aliphatic rings. The van der Waals surface area contributed by atoms with Crippen LogP contribution in [0.25, 0.3) is 0 Å². The highest BCUT2D eigenvalue weighted by Crippen LogP contribution is 2.21. The van der Waals surface area contributed by atoms with Gasteiger partial charge in [-0.2, -0.15) is 13.9 Å². The number of methoxy groups -OCH3 is 1. The van der Waals surface area contributed by atoms with Gasteiger partial charge in [-0.3, -0.25) is 4.79 Å². The molecule has 0 saturated carbocycles. The van der Waals surface area contributed by atoms with Gasteiger partial charge in [0.2, 0.25) is 0 Å². The quantitative estimate of drug-likeness (QED) is 0.577. The first-order valence-electron chi connectivity index (χ1n) is 7.64. The van der Waals surface area contributed by atoms with E-state index < -0.39 is 12.5 Å². The lowest BCUT2D eigenvalue weighted by atomic mass is 10.1. The lowest BCUT2D eigenvalue weighted by Crippen LogP contribution is -2.25. The minimum Gasteiger partial charge on any atom is -0.497 e. The lowest BCUT2D eigenvalue weighted by molar-refractivity contribution is -0.123. The molecule has 0 aromatic heterocycles. The number of amides is 1. The van der Waals surface area contributed by atoms with Gasteiger partial charge in [0, 0.05) is 5.56 Å². The Morgan fingerprint density at radius 2 is 1.77 bits per heavy atom. The van der Waals surface area contributed by atoms with Crippen LogP contribution in [0.4, 0.5) is 8.78 Å². The van der Waals surface area contributed by atoms with Crippen molar-refractivity contribution in [1.82, 2.24) is 5.43 Å². The van der Waals surface area contributed by atoms with Crippen molar-refractivity contribution < 1.29 is 27.8 Å². The fourth-order valence-electron chi connectivity index (χ4n) is 2.02. The molecule has 0 heterocycles. The summed E-state index contributed by atoms with van der Waals surface area (Å²) in [6, 6.07) is 12.9. The molecule has 26 heavy (non-hydrogen) atoms. The highest BCUT2D eigenvalue weighted by Gasteiger charge is 2.11. The molecule has 0 saturated heterocycles. The summed E-state index contributed by atoms with van der Waals surface area (Å²) < 4.78 is 39.6. The third-order valence-corrected chi connectivity index (χ3v) is 3.27. The zero-order chi connectivity index (χ0) is 18.9. The third kappa shape index (κ3) is 5.73. The number of carbonyl (C=O) groups excluding carboxylic acids is 1. The Hall–Kier alpha value is -3.16. The topological polar surface area (TPSA) is 69.2 Å². The number of benzene rings is 2. The molecule has 0 unspecified atom stereocenters. The second-order valence-corrected chi connectivity index (χ2v) is 5.07. The number of rotatable bonds is 8. The fourth-order valence-corrected chi connectivity index (χ4v) is 2.02. The zero-order valence-corrected chi connectivity index (χ0v) is 14.2. The standard InChI is InChI=1S/C18H18F2N2O4/c1-12(15-5-3-4-6-16(15)26-18(19)20)21-22-17(23)11-25-14-9-7-13(24-2)8-10-14/h3-10,18H,11H2,1-2H3,(H,22,23)/b21-12+. The van der Waals surface area contributed by atoms with E-state index in [1.54, 1.807) is 56.5 Å². The van der Waals surface area contributed by atoms with Crippen LogP contribution >= 0.6 is 0 Å². The van der Waals surface area contributed by atoms with E-state index in [-0.39, 0.29) is 12.4 Å². The summed E-state index contributed by atoms with van der Waals surface area (Å²) >= 11 is 0. The number of ether oxygens (including phenoxy) is 3. The minimum absolute atomic E-state index is 0.0209. The summed E-state index contributed by atoms with van der Waals surface area (Å²) in [5, 5.41) is 3.89. The monoisotopic (exact) mass is 364 g/mol. The van der Waals surface area contributed by atoms with Gasteiger partial charge in [-0.05, 0) is 43.3 Å². The molecule has 2 aromatic carbocycles. The Bertz CT molecular complexity index is 764. The highest BCUT2D eigenvalue weighted by atomic mass is 19.3. The maximum Gasteiger partial charge on any atom is 0.387 e. The number of hydrogen-bond donors (Lipinski definition) is 1. The van der Waals surface area contributed by atoms with Gasteiger partial charge < -0.3 is 14.2 Å². The molecule has 0 spiro atoms. The third-order valence-electron chi connectivity index (χ3n) is 3.27. The number of hydrazone groups is 1. The van der Waals surface area contributed by atoms with Gasteiger partial charge >= 0.3 is 6.61 Å². The van der Waals surface area contributed by atoms with Crippen LogP contribution in [0, 0.1) is 0 Å². The van der Waals surface area contributed by atoms with E-state index >= 15 is 0 Å². The predicted octanol–water partition coefficient (Wildman–Crippen LogP) is 3.22. The molecular weight excluding hydrogens is 346 g/mol. The normalized spacial score (nSPS) is 11.2. The molecule has 2 rings (SSSR count). The van der Waals surface area contributed by atoms with Crippen LogP contribution in [-0.2, 0) is 4.79 Å². The van der Waals surface area contributed by atoms with Crippen LogP contribution in [0.2, 0.25) is 0 Å². The highest BCUT2D eigenvalue weighted by molar-refractivity contribution is 6.01. The van der Waals surface area contributed by atoms with E-state index in [1.165, 1.54) is 6.07 Å². The van der Waals surface area contributed by atoms with Crippen LogP contribution in [-0.4, -0.2) is 31.9 Å². The Balaban J connectivity index is 1.92. The van der Waals surface area contributed by atoms with Crippen molar-refractivity contribution in [2.24, 2.45) is 5.10 Å². The van der Waals surface area contributed by atoms with Crippen molar-refractivity contribution in [3.63, 3.8) is 0 Å². The smallest absolute Gasteiger partial charge is 0.387 e. The van der Waals surface area contributed by atoms with Crippen molar-refractivity contribution >= 4 is 11.6 Å². The van der Waals surface area contributed by atoms with Gasteiger partial charge in [-0.15, -0.1) is 0 Å². The van der Waals surface area contributed by atoms with Crippen molar-refractivity contribution in [1.29, 1.82) is 0 Å². The molecule has 6 nitrogen and oxygen atoms in total. The molecule has 2 aromatic rings. The first-order valence-corrected chi connectivity index (χ1v) is 7.64. The van der Waals surface area contributed by atoms with Crippen LogP contribution in [0.15, 0.2) is 53.6 Å². The van der Waals surface area contributed by atoms with E-state index in [9.17, 15) is 13.6 Å². The number of nitrogens with zero attached hydrogens (tertiary/aromatic N) is 1. The summed E-state index contributed by atoms with van der Waals surface area (Å²) in [5.41, 5.74) is 2.98. The second kappa shape index (κ2) is 9.36. The summed E-state index contributed by atoms with van der Waals surface area (Å²) in [7, 11) is 1.55. The molecule has 0 radical (unpaired) electrons. The van der Waals surface area contributed by atoms with Crippen LogP contribution < -0.4 is 19.6 Å². The predicted molar refractivity (Wildman–Crippen MR) is 91.9 cm³/mol. The number of nitrogens with one attached hydrogen (secondary N) is 1. The Morgan fingerprint density at radius 3 is 2.42 bits per heavy atom. The van der Waals surface area contributed by atoms with Gasteiger partial charge in [0.1, 0.15) is 17.2 Å². The maximum atomic E-state index is 12.4. The van der Waals surface area contributed by atoms with Crippen molar-refractivity contribution in [2.75, 3.05) is 13.7 Å². The minimum atomic E-state index is -2.95. The Morgan fingerprint density at radius 1 is 1.12 bits per heavy atom. The summed E-state index contributed by atoms with van der Waals surface area (Å²) in [6.45, 7) is -1.63. The Labute approximate surface area is 149 Å². The number of para-hydroxylation sites is 1. The lowest BCUT2D eigenvalue weighted by Gasteiger charge is -2.10. The van der Waals surface area contributed by atoms with E-state index in [2.05, 4.69) is 15.3 Å². The van der Waals surface area contributed by atoms with Crippen molar-refractivity contribution in [2.45, 2.75) is 13.5 Å². The average molecular weight is 364 g/mol. The van der Waals surface area contributed by atoms with Crippen LogP contribution in [0.5, 0.6) is 17.2 Å². The molecule has 0 atom stereocenters. The van der Waals surface area contributed by atoms with Crippen molar-refractivity contribution in [3.8, 4) is 17.2 Å². The molecular formula is C18H18F2N2O4. The summed E-state index contributed by atoms with van der Waals surface area (Å²) in [6.07, 6.45) is 0. The van der Waals surface area contributed by atoms with E-state index in [1.807, 2.05) is 0 Å². The van der Waals surface area contributed by atoms with Gasteiger partial charge in [-0.1, -0.05) is 12.1 Å². The molecule has 0 aliphatic carbocycles. The van der Waals surface area contributed by atoms with Crippen LogP contribution in [0.1, 0.15) is 12.5 Å². The van der Waals surface area contributed by atoms with Gasteiger partial charge in [0.05, 0.1) is 12.8 Å². The molecule has 0 fully saturated rings. The van der Waals surface area contributed by atoms with Gasteiger partial charge in [0.25, 0.3) is 5.91 Å². The summed E-state index contributed by atoms with van der Waals surface area (Å²) in [4.78, 5) is 11.8. The first kappa shape index (κ1) is 19.2. The first-order chi connectivity index (χ1) is 12.5. The molecule has 8 heteroatoms. The second-order valence-electron chi connectivity index (χ2n) is 5.07. The molecule has 1 N–H and O–H groups in total.